The number of aliphatic hydroxyl groups is 1. The summed E-state index contributed by atoms with van der Waals surface area (Å²) in [4.78, 5) is 8.96. The maximum Gasteiger partial charge on any atom is 0.381 e. The fraction of sp³-hybridized carbons (Fsp3) is 1.00. The lowest BCUT2D eigenvalue weighted by Crippen LogP contribution is -2.37. The van der Waals surface area contributed by atoms with Gasteiger partial charge in [0.15, 0.2) is 0 Å². The highest BCUT2D eigenvalue weighted by atomic mass is 19.1. The molecule has 0 aromatic heterocycles. The van der Waals surface area contributed by atoms with Gasteiger partial charge in [-0.1, -0.05) is 13.3 Å². The highest BCUT2D eigenvalue weighted by Crippen LogP contribution is 2.18. The molecular weight excluding hydrogens is 153 g/mol. The van der Waals surface area contributed by atoms with E-state index in [1.54, 1.807) is 6.92 Å². The second-order valence-corrected chi connectivity index (χ2v) is 2.44. The summed E-state index contributed by atoms with van der Waals surface area (Å²) in [6, 6.07) is 0. The summed E-state index contributed by atoms with van der Waals surface area (Å²) in [5.41, 5.74) is 0. The monoisotopic (exact) mass is 165 g/mol. The molecule has 11 heavy (non-hydrogen) atoms. The molecule has 5 heteroatoms. The zero-order valence-electron chi connectivity index (χ0n) is 6.42. The van der Waals surface area contributed by atoms with Gasteiger partial charge in [-0.3, -0.25) is 10.1 Å². The Bertz CT molecular complexity index is 142. The third-order valence-corrected chi connectivity index (χ3v) is 1.48. The summed E-state index contributed by atoms with van der Waals surface area (Å²) in [6.07, 6.45) is 0.880. The first-order valence-electron chi connectivity index (χ1n) is 3.51. The Hall–Kier alpha value is -0.710. The molecule has 0 rings (SSSR count). The van der Waals surface area contributed by atoms with Crippen molar-refractivity contribution < 1.29 is 14.4 Å². The molecule has 0 radical (unpaired) electrons. The molecule has 1 atom stereocenters. The summed E-state index contributed by atoms with van der Waals surface area (Å²) in [5, 5.41) is 18.4. The summed E-state index contributed by atoms with van der Waals surface area (Å²) >= 11 is 0. The van der Waals surface area contributed by atoms with E-state index in [0.29, 0.717) is 12.8 Å². The Labute approximate surface area is 64.2 Å². The van der Waals surface area contributed by atoms with Gasteiger partial charge in [0.2, 0.25) is 0 Å². The molecule has 0 aliphatic heterocycles. The van der Waals surface area contributed by atoms with E-state index in [-0.39, 0.29) is 6.42 Å². The van der Waals surface area contributed by atoms with E-state index >= 15 is 0 Å². The summed E-state index contributed by atoms with van der Waals surface area (Å²) < 4.78 is 12.9. The quantitative estimate of drug-likeness (QED) is 0.377. The average molecular weight is 165 g/mol. The Morgan fingerprint density at radius 2 is 2.27 bits per heavy atom. The topological polar surface area (TPSA) is 63.4 Å². The average Bonchev–Trinajstić information content (AvgIpc) is 2.00. The van der Waals surface area contributed by atoms with Crippen molar-refractivity contribution in [2.45, 2.75) is 32.0 Å². The second-order valence-electron chi connectivity index (χ2n) is 2.44. The Kier molecular flexibility index (Phi) is 3.95. The minimum absolute atomic E-state index is 0.215. The van der Waals surface area contributed by atoms with Gasteiger partial charge >= 0.3 is 5.79 Å². The first-order valence-corrected chi connectivity index (χ1v) is 3.51. The molecule has 0 amide bonds. The van der Waals surface area contributed by atoms with Crippen LogP contribution in [0.25, 0.3) is 0 Å². The van der Waals surface area contributed by atoms with Gasteiger partial charge in [0.1, 0.15) is 6.61 Å². The Morgan fingerprint density at radius 3 is 2.55 bits per heavy atom. The van der Waals surface area contributed by atoms with Crippen LogP contribution in [-0.2, 0) is 0 Å². The Balaban J connectivity index is 3.99. The highest BCUT2D eigenvalue weighted by Gasteiger charge is 2.41. The minimum atomic E-state index is -2.63. The van der Waals surface area contributed by atoms with Gasteiger partial charge in [0.05, 0.1) is 11.3 Å². The molecule has 0 aliphatic carbocycles. The number of hydrogen-bond acceptors (Lipinski definition) is 3. The third-order valence-electron chi connectivity index (χ3n) is 1.48. The van der Waals surface area contributed by atoms with Crippen molar-refractivity contribution in [3.05, 3.63) is 10.1 Å². The Morgan fingerprint density at radius 1 is 1.73 bits per heavy atom. The lowest BCUT2D eigenvalue weighted by atomic mass is 10.1. The molecule has 0 aliphatic rings. The van der Waals surface area contributed by atoms with Gasteiger partial charge < -0.3 is 5.11 Å². The van der Waals surface area contributed by atoms with Crippen molar-refractivity contribution in [3.63, 3.8) is 0 Å². The molecule has 0 aromatic rings. The number of aliphatic hydroxyl groups excluding tert-OH is 1. The van der Waals surface area contributed by atoms with Crippen LogP contribution in [0.4, 0.5) is 4.39 Å². The number of hydrogen-bond donors (Lipinski definition) is 1. The number of halogens is 1. The predicted octanol–water partition coefficient (Wildman–Crippen LogP) is 1.11. The fourth-order valence-electron chi connectivity index (χ4n) is 0.676. The number of alkyl halides is 1. The normalized spacial score (nSPS) is 15.9. The van der Waals surface area contributed by atoms with E-state index in [1.807, 2.05) is 0 Å². The van der Waals surface area contributed by atoms with Crippen LogP contribution in [0, 0.1) is 10.1 Å². The smallest absolute Gasteiger partial charge is 0.381 e. The molecule has 0 spiro atoms. The van der Waals surface area contributed by atoms with Crippen molar-refractivity contribution in [2.24, 2.45) is 0 Å². The van der Waals surface area contributed by atoms with Crippen molar-refractivity contribution in [3.8, 4) is 0 Å². The molecule has 1 unspecified atom stereocenters. The first-order chi connectivity index (χ1) is 5.06. The van der Waals surface area contributed by atoms with E-state index < -0.39 is 17.3 Å². The van der Waals surface area contributed by atoms with Gasteiger partial charge in [-0.05, 0) is 6.42 Å². The maximum atomic E-state index is 12.9. The maximum absolute atomic E-state index is 12.9. The predicted molar refractivity (Wildman–Crippen MR) is 37.4 cm³/mol. The molecular formula is C6H12FNO3. The van der Waals surface area contributed by atoms with E-state index in [4.69, 9.17) is 5.11 Å². The zero-order valence-corrected chi connectivity index (χ0v) is 6.42. The number of rotatable bonds is 5. The van der Waals surface area contributed by atoms with Crippen LogP contribution in [-0.4, -0.2) is 22.4 Å². The number of nitrogens with zero attached hydrogens (tertiary/aromatic N) is 1. The molecule has 66 valence electrons. The largest absolute Gasteiger partial charge is 0.386 e. The van der Waals surface area contributed by atoms with Gasteiger partial charge in [-0.15, -0.1) is 0 Å². The van der Waals surface area contributed by atoms with Crippen LogP contribution in [0.1, 0.15) is 26.2 Å². The molecule has 0 saturated carbocycles. The third kappa shape index (κ3) is 2.80. The van der Waals surface area contributed by atoms with Gasteiger partial charge in [0, 0.05) is 0 Å². The van der Waals surface area contributed by atoms with Crippen LogP contribution in [0.3, 0.4) is 0 Å². The van der Waals surface area contributed by atoms with Gasteiger partial charge in [-0.2, -0.15) is 4.39 Å². The number of nitro groups is 1. The van der Waals surface area contributed by atoms with Crippen LogP contribution in [0.2, 0.25) is 0 Å². The fourth-order valence-corrected chi connectivity index (χ4v) is 0.676. The van der Waals surface area contributed by atoms with Gasteiger partial charge in [-0.25, -0.2) is 0 Å². The van der Waals surface area contributed by atoms with E-state index in [1.165, 1.54) is 0 Å². The molecule has 1 N–H and O–H groups in total. The standard InChI is InChI=1S/C6H12FNO3/c1-2-3-4-6(7,5-9)8(10)11/h9H,2-5H2,1H3. The molecule has 0 fully saturated rings. The van der Waals surface area contributed by atoms with Crippen LogP contribution >= 0.6 is 0 Å². The first kappa shape index (κ1) is 10.3. The van der Waals surface area contributed by atoms with E-state index in [0.717, 1.165) is 0 Å². The van der Waals surface area contributed by atoms with Crippen molar-refractivity contribution >= 4 is 0 Å². The highest BCUT2D eigenvalue weighted by molar-refractivity contribution is 4.63. The zero-order chi connectivity index (χ0) is 8.91. The summed E-state index contributed by atoms with van der Waals surface area (Å²) in [7, 11) is 0. The van der Waals surface area contributed by atoms with Crippen LogP contribution < -0.4 is 0 Å². The van der Waals surface area contributed by atoms with Gasteiger partial charge in [0.25, 0.3) is 0 Å². The van der Waals surface area contributed by atoms with Crippen molar-refractivity contribution in [1.29, 1.82) is 0 Å². The number of unbranched alkanes of at least 4 members (excludes halogenated alkanes) is 1. The van der Waals surface area contributed by atoms with Crippen molar-refractivity contribution in [1.82, 2.24) is 0 Å². The lowest BCUT2D eigenvalue weighted by molar-refractivity contribution is -0.610. The molecule has 0 saturated heterocycles. The lowest BCUT2D eigenvalue weighted by Gasteiger charge is -2.12. The molecule has 0 bridgehead atoms. The van der Waals surface area contributed by atoms with E-state index in [9.17, 15) is 14.5 Å². The SMILES string of the molecule is CCCCC(F)(CO)[N+](=O)[O-]. The van der Waals surface area contributed by atoms with Crippen molar-refractivity contribution in [2.75, 3.05) is 6.61 Å². The summed E-state index contributed by atoms with van der Waals surface area (Å²) in [6.45, 7) is 0.762. The minimum Gasteiger partial charge on any atom is -0.386 e. The van der Waals surface area contributed by atoms with Crippen LogP contribution in [0.15, 0.2) is 0 Å². The van der Waals surface area contributed by atoms with Crippen LogP contribution in [0.5, 0.6) is 0 Å². The second kappa shape index (κ2) is 4.23. The molecule has 4 nitrogen and oxygen atoms in total. The molecule has 0 aromatic carbocycles. The molecule has 0 heterocycles. The van der Waals surface area contributed by atoms with E-state index in [2.05, 4.69) is 0 Å². The summed E-state index contributed by atoms with van der Waals surface area (Å²) in [5.74, 6) is -2.63.